The monoisotopic (exact) mass is 226 g/mol. The van der Waals surface area contributed by atoms with Gasteiger partial charge in [-0.2, -0.15) is 0 Å². The van der Waals surface area contributed by atoms with Crippen molar-refractivity contribution in [3.63, 3.8) is 0 Å². The van der Waals surface area contributed by atoms with Gasteiger partial charge in [0.15, 0.2) is 0 Å². The predicted octanol–water partition coefficient (Wildman–Crippen LogP) is 4.80. The van der Waals surface area contributed by atoms with E-state index in [2.05, 4.69) is 27.7 Å². The molecule has 0 amide bonds. The number of hydrogen-bond donors (Lipinski definition) is 0. The summed E-state index contributed by atoms with van der Waals surface area (Å²) >= 11 is 0. The molecule has 1 unspecified atom stereocenters. The van der Waals surface area contributed by atoms with Crippen molar-refractivity contribution in [2.75, 3.05) is 0 Å². The van der Waals surface area contributed by atoms with Gasteiger partial charge >= 0.3 is 0 Å². The van der Waals surface area contributed by atoms with Gasteiger partial charge in [0.25, 0.3) is 0 Å². The summed E-state index contributed by atoms with van der Waals surface area (Å²) in [4.78, 5) is 0. The van der Waals surface area contributed by atoms with Crippen LogP contribution < -0.4 is 0 Å². The molecule has 0 aliphatic heterocycles. The highest BCUT2D eigenvalue weighted by molar-refractivity contribution is 4.72. The van der Waals surface area contributed by atoms with Gasteiger partial charge < -0.3 is 4.74 Å². The molecule has 1 fully saturated rings. The summed E-state index contributed by atoms with van der Waals surface area (Å²) < 4.78 is 6.24. The van der Waals surface area contributed by atoms with Crippen molar-refractivity contribution in [1.29, 1.82) is 0 Å². The van der Waals surface area contributed by atoms with Gasteiger partial charge in [0.1, 0.15) is 0 Å². The van der Waals surface area contributed by atoms with Crippen LogP contribution in [0, 0.1) is 11.8 Å². The minimum atomic E-state index is 0.515. The zero-order valence-electron chi connectivity index (χ0n) is 11.7. The van der Waals surface area contributed by atoms with E-state index in [1.807, 2.05) is 0 Å². The minimum Gasteiger partial charge on any atom is -0.375 e. The molecule has 0 radical (unpaired) electrons. The molecular weight excluding hydrogens is 196 g/mol. The van der Waals surface area contributed by atoms with Crippen molar-refractivity contribution in [2.45, 2.75) is 84.8 Å². The Hall–Kier alpha value is -0.0400. The summed E-state index contributed by atoms with van der Waals surface area (Å²) in [5.74, 6) is 1.74. The second kappa shape index (κ2) is 7.32. The van der Waals surface area contributed by atoms with Gasteiger partial charge in [0.05, 0.1) is 12.2 Å². The van der Waals surface area contributed by atoms with Gasteiger partial charge in [-0.15, -0.1) is 0 Å². The normalized spacial score (nSPS) is 28.3. The molecule has 0 aromatic carbocycles. The Kier molecular flexibility index (Phi) is 6.41. The maximum atomic E-state index is 6.24. The largest absolute Gasteiger partial charge is 0.375 e. The van der Waals surface area contributed by atoms with Crippen LogP contribution in [-0.4, -0.2) is 12.2 Å². The third kappa shape index (κ3) is 5.34. The van der Waals surface area contributed by atoms with Crippen molar-refractivity contribution in [2.24, 2.45) is 11.8 Å². The van der Waals surface area contributed by atoms with Crippen LogP contribution in [0.25, 0.3) is 0 Å². The third-order valence-electron chi connectivity index (χ3n) is 3.87. The predicted molar refractivity (Wildman–Crippen MR) is 70.7 cm³/mol. The van der Waals surface area contributed by atoms with E-state index in [4.69, 9.17) is 4.74 Å². The van der Waals surface area contributed by atoms with E-state index in [9.17, 15) is 0 Å². The molecule has 0 heterocycles. The molecule has 0 aromatic rings. The molecule has 1 aliphatic rings. The topological polar surface area (TPSA) is 9.23 Å². The summed E-state index contributed by atoms with van der Waals surface area (Å²) in [6.45, 7) is 9.23. The molecule has 0 aromatic heterocycles. The Labute approximate surface area is 102 Å². The Balaban J connectivity index is 2.21. The van der Waals surface area contributed by atoms with Crippen LogP contribution in [0.4, 0.5) is 0 Å². The van der Waals surface area contributed by atoms with Gasteiger partial charge in [-0.05, 0) is 56.8 Å². The zero-order valence-corrected chi connectivity index (χ0v) is 11.7. The van der Waals surface area contributed by atoms with Crippen LogP contribution in [0.2, 0.25) is 0 Å². The fourth-order valence-electron chi connectivity index (χ4n) is 2.53. The highest BCUT2D eigenvalue weighted by atomic mass is 16.5. The molecule has 1 atom stereocenters. The average molecular weight is 226 g/mol. The highest BCUT2D eigenvalue weighted by Crippen LogP contribution is 2.27. The summed E-state index contributed by atoms with van der Waals surface area (Å²) in [6.07, 6.45) is 10.1. The second-order valence-electron chi connectivity index (χ2n) is 6.02. The third-order valence-corrected chi connectivity index (χ3v) is 3.87. The lowest BCUT2D eigenvalue weighted by Gasteiger charge is -2.30. The SMILES string of the molecule is CCC(CCC(C)C)OC1CCC(C)CC1. The first-order valence-electron chi connectivity index (χ1n) is 7.27. The maximum absolute atomic E-state index is 6.24. The van der Waals surface area contributed by atoms with Crippen LogP contribution in [0.3, 0.4) is 0 Å². The molecule has 96 valence electrons. The molecule has 0 bridgehead atoms. The van der Waals surface area contributed by atoms with Crippen molar-refractivity contribution in [3.05, 3.63) is 0 Å². The molecule has 0 N–H and O–H groups in total. The van der Waals surface area contributed by atoms with Gasteiger partial charge in [-0.3, -0.25) is 0 Å². The molecule has 1 nitrogen and oxygen atoms in total. The summed E-state index contributed by atoms with van der Waals surface area (Å²) in [7, 11) is 0. The zero-order chi connectivity index (χ0) is 12.0. The molecule has 0 saturated heterocycles. The van der Waals surface area contributed by atoms with Crippen LogP contribution in [0.1, 0.15) is 72.6 Å². The van der Waals surface area contributed by atoms with Crippen molar-refractivity contribution in [3.8, 4) is 0 Å². The van der Waals surface area contributed by atoms with Gasteiger partial charge in [0.2, 0.25) is 0 Å². The second-order valence-corrected chi connectivity index (χ2v) is 6.02. The highest BCUT2D eigenvalue weighted by Gasteiger charge is 2.21. The number of hydrogen-bond acceptors (Lipinski definition) is 1. The first-order chi connectivity index (χ1) is 7.61. The van der Waals surface area contributed by atoms with E-state index in [1.165, 1.54) is 44.9 Å². The number of ether oxygens (including phenoxy) is 1. The van der Waals surface area contributed by atoms with E-state index in [0.29, 0.717) is 12.2 Å². The van der Waals surface area contributed by atoms with E-state index in [-0.39, 0.29) is 0 Å². The quantitative estimate of drug-likeness (QED) is 0.632. The minimum absolute atomic E-state index is 0.515. The standard InChI is InChI=1S/C15H30O/c1-5-14(9-6-12(2)3)16-15-10-7-13(4)8-11-15/h12-15H,5-11H2,1-4H3. The van der Waals surface area contributed by atoms with Crippen LogP contribution in [-0.2, 0) is 4.74 Å². The molecule has 0 spiro atoms. The lowest BCUT2D eigenvalue weighted by molar-refractivity contribution is -0.0420. The van der Waals surface area contributed by atoms with Gasteiger partial charge in [-0.1, -0.05) is 27.7 Å². The lowest BCUT2D eigenvalue weighted by atomic mass is 9.88. The van der Waals surface area contributed by atoms with Crippen molar-refractivity contribution >= 4 is 0 Å². The van der Waals surface area contributed by atoms with Crippen LogP contribution >= 0.6 is 0 Å². The lowest BCUT2D eigenvalue weighted by Crippen LogP contribution is -2.26. The molecule has 1 aliphatic carbocycles. The van der Waals surface area contributed by atoms with Crippen molar-refractivity contribution < 1.29 is 4.74 Å². The van der Waals surface area contributed by atoms with E-state index < -0.39 is 0 Å². The fraction of sp³-hybridized carbons (Fsp3) is 1.00. The molecule has 1 saturated carbocycles. The van der Waals surface area contributed by atoms with Gasteiger partial charge in [0, 0.05) is 0 Å². The van der Waals surface area contributed by atoms with Crippen LogP contribution in [0.5, 0.6) is 0 Å². The smallest absolute Gasteiger partial charge is 0.0579 e. The van der Waals surface area contributed by atoms with Crippen LogP contribution in [0.15, 0.2) is 0 Å². The summed E-state index contributed by atoms with van der Waals surface area (Å²) in [6, 6.07) is 0. The fourth-order valence-corrected chi connectivity index (χ4v) is 2.53. The Morgan fingerprint density at radius 2 is 1.69 bits per heavy atom. The molecule has 1 rings (SSSR count). The maximum Gasteiger partial charge on any atom is 0.0579 e. The summed E-state index contributed by atoms with van der Waals surface area (Å²) in [5, 5.41) is 0. The average Bonchev–Trinajstić information content (AvgIpc) is 2.26. The molecule has 16 heavy (non-hydrogen) atoms. The molecule has 1 heteroatoms. The number of rotatable bonds is 6. The Morgan fingerprint density at radius 3 is 2.19 bits per heavy atom. The Bertz CT molecular complexity index is 168. The van der Waals surface area contributed by atoms with E-state index >= 15 is 0 Å². The van der Waals surface area contributed by atoms with E-state index in [1.54, 1.807) is 0 Å². The molecular formula is C15H30O. The Morgan fingerprint density at radius 1 is 1.06 bits per heavy atom. The first kappa shape index (κ1) is 14.0. The van der Waals surface area contributed by atoms with Crippen molar-refractivity contribution in [1.82, 2.24) is 0 Å². The summed E-state index contributed by atoms with van der Waals surface area (Å²) in [5.41, 5.74) is 0. The van der Waals surface area contributed by atoms with E-state index in [0.717, 1.165) is 11.8 Å². The van der Waals surface area contributed by atoms with Gasteiger partial charge in [-0.25, -0.2) is 0 Å². The first-order valence-corrected chi connectivity index (χ1v) is 7.27.